The van der Waals surface area contributed by atoms with Crippen LogP contribution in [0.4, 0.5) is 0 Å². The zero-order valence-electron chi connectivity index (χ0n) is 17.3. The Morgan fingerprint density at radius 3 is 2.54 bits per heavy atom. The van der Waals surface area contributed by atoms with Crippen LogP contribution in [0.2, 0.25) is 0 Å². The predicted molar refractivity (Wildman–Crippen MR) is 107 cm³/mol. The largest absolute Gasteiger partial charge is 0.475 e. The first-order valence-electron chi connectivity index (χ1n) is 10.6. The normalized spacial score (nSPS) is 19.5. The molecule has 6 heteroatoms. The van der Waals surface area contributed by atoms with E-state index in [1.165, 1.54) is 0 Å². The van der Waals surface area contributed by atoms with Crippen LogP contribution >= 0.6 is 0 Å². The summed E-state index contributed by atoms with van der Waals surface area (Å²) in [6.45, 7) is 6.92. The second kappa shape index (κ2) is 9.03. The smallest absolute Gasteiger partial charge is 0.270 e. The summed E-state index contributed by atoms with van der Waals surface area (Å²) in [5, 5.41) is 2.95. The molecule has 1 saturated carbocycles. The molecule has 0 aromatic carbocycles. The monoisotopic (exact) mass is 388 g/mol. The van der Waals surface area contributed by atoms with Gasteiger partial charge in [0.1, 0.15) is 12.3 Å². The van der Waals surface area contributed by atoms with Crippen LogP contribution in [0.15, 0.2) is 12.1 Å². The maximum Gasteiger partial charge on any atom is 0.270 e. The van der Waals surface area contributed by atoms with Gasteiger partial charge >= 0.3 is 0 Å². The van der Waals surface area contributed by atoms with E-state index in [1.54, 1.807) is 6.07 Å². The number of carbonyl (C=O) groups excluding carboxylic acids is 2. The van der Waals surface area contributed by atoms with E-state index in [0.717, 1.165) is 37.9 Å². The van der Waals surface area contributed by atoms with Gasteiger partial charge in [-0.25, -0.2) is 4.98 Å². The van der Waals surface area contributed by atoms with Crippen molar-refractivity contribution < 1.29 is 19.1 Å². The minimum atomic E-state index is -0.832. The lowest BCUT2D eigenvalue weighted by molar-refractivity contribution is -0.125. The van der Waals surface area contributed by atoms with Gasteiger partial charge in [0.05, 0.1) is 11.6 Å². The lowest BCUT2D eigenvalue weighted by Crippen LogP contribution is -2.53. The number of hydrogen-bond donors (Lipinski definition) is 1. The molecule has 2 fully saturated rings. The first kappa shape index (κ1) is 20.8. The van der Waals surface area contributed by atoms with Gasteiger partial charge in [-0.15, -0.1) is 0 Å². The van der Waals surface area contributed by atoms with Crippen molar-refractivity contribution in [2.24, 2.45) is 0 Å². The molecule has 1 aliphatic heterocycles. The van der Waals surface area contributed by atoms with Crippen molar-refractivity contribution in [3.63, 3.8) is 0 Å². The summed E-state index contributed by atoms with van der Waals surface area (Å²) in [4.78, 5) is 29.9. The Morgan fingerprint density at radius 2 is 1.96 bits per heavy atom. The van der Waals surface area contributed by atoms with Gasteiger partial charge in [-0.3, -0.25) is 9.59 Å². The molecule has 1 amide bonds. The Hall–Kier alpha value is -1.95. The molecule has 1 unspecified atom stereocenters. The number of nitrogens with one attached hydrogen (secondary N) is 1. The van der Waals surface area contributed by atoms with E-state index in [9.17, 15) is 9.59 Å². The average Bonchev–Trinajstić information content (AvgIpc) is 3.44. The number of rotatable bonds is 10. The molecule has 1 atom stereocenters. The Balaban J connectivity index is 1.77. The zero-order valence-corrected chi connectivity index (χ0v) is 17.3. The summed E-state index contributed by atoms with van der Waals surface area (Å²) < 4.78 is 11.6. The highest BCUT2D eigenvalue weighted by molar-refractivity contribution is 5.98. The van der Waals surface area contributed by atoms with Gasteiger partial charge in [0, 0.05) is 18.6 Å². The maximum absolute atomic E-state index is 12.9. The van der Waals surface area contributed by atoms with E-state index in [0.29, 0.717) is 43.4 Å². The minimum Gasteiger partial charge on any atom is -0.475 e. The van der Waals surface area contributed by atoms with Gasteiger partial charge in [-0.2, -0.15) is 0 Å². The van der Waals surface area contributed by atoms with E-state index in [1.807, 2.05) is 26.8 Å². The van der Waals surface area contributed by atoms with Crippen molar-refractivity contribution in [1.29, 1.82) is 0 Å². The van der Waals surface area contributed by atoms with E-state index in [2.05, 4.69) is 10.3 Å². The molecule has 1 aromatic rings. The standard InChI is InChI=1S/C22H32N2O4/c1-4-19(25)22(5-2,6-3)24-20(26)18-12-11-17(15-9-10-15)21(23-18)28-14-16-8-7-13-27-16/h11-12,15-16H,4-10,13-14H2,1-3H3,(H,24,26). The first-order chi connectivity index (χ1) is 13.5. The summed E-state index contributed by atoms with van der Waals surface area (Å²) in [5.74, 6) is 0.729. The van der Waals surface area contributed by atoms with Crippen LogP contribution in [0.25, 0.3) is 0 Å². The van der Waals surface area contributed by atoms with Gasteiger partial charge in [-0.1, -0.05) is 26.8 Å². The number of Topliss-reactive ketones (excluding diaryl/α,β-unsaturated/α-hetero) is 1. The van der Waals surface area contributed by atoms with Crippen LogP contribution < -0.4 is 10.1 Å². The van der Waals surface area contributed by atoms with Crippen molar-refractivity contribution in [2.45, 2.75) is 83.3 Å². The number of ketones is 1. The molecule has 0 radical (unpaired) electrons. The van der Waals surface area contributed by atoms with Crippen molar-refractivity contribution in [1.82, 2.24) is 10.3 Å². The zero-order chi connectivity index (χ0) is 20.1. The van der Waals surface area contributed by atoms with Gasteiger partial charge in [-0.05, 0) is 50.5 Å². The summed E-state index contributed by atoms with van der Waals surface area (Å²) in [6.07, 6.45) is 5.92. The highest BCUT2D eigenvalue weighted by Gasteiger charge is 2.36. The summed E-state index contributed by atoms with van der Waals surface area (Å²) >= 11 is 0. The number of nitrogens with zero attached hydrogens (tertiary/aromatic N) is 1. The van der Waals surface area contributed by atoms with Crippen LogP contribution in [-0.2, 0) is 9.53 Å². The Kier molecular flexibility index (Phi) is 6.70. The van der Waals surface area contributed by atoms with Crippen molar-refractivity contribution in [3.05, 3.63) is 23.4 Å². The Morgan fingerprint density at radius 1 is 1.21 bits per heavy atom. The van der Waals surface area contributed by atoms with Gasteiger partial charge < -0.3 is 14.8 Å². The number of pyridine rings is 1. The van der Waals surface area contributed by atoms with Crippen LogP contribution in [0.1, 0.15) is 87.7 Å². The van der Waals surface area contributed by atoms with E-state index in [-0.39, 0.29) is 17.8 Å². The topological polar surface area (TPSA) is 77.5 Å². The fourth-order valence-corrected chi connectivity index (χ4v) is 3.86. The van der Waals surface area contributed by atoms with Gasteiger partial charge in [0.25, 0.3) is 5.91 Å². The molecule has 1 N–H and O–H groups in total. The maximum atomic E-state index is 12.9. The molecular formula is C22H32N2O4. The third-order valence-corrected chi connectivity index (χ3v) is 5.98. The van der Waals surface area contributed by atoms with Crippen molar-refractivity contribution in [3.8, 4) is 5.88 Å². The summed E-state index contributed by atoms with van der Waals surface area (Å²) in [6, 6.07) is 3.69. The number of aromatic nitrogens is 1. The summed E-state index contributed by atoms with van der Waals surface area (Å²) in [5.41, 5.74) is 0.528. The van der Waals surface area contributed by atoms with Crippen molar-refractivity contribution >= 4 is 11.7 Å². The quantitative estimate of drug-likeness (QED) is 0.660. The molecule has 28 heavy (non-hydrogen) atoms. The molecule has 0 bridgehead atoms. The fraction of sp³-hybridized carbons (Fsp3) is 0.682. The molecule has 6 nitrogen and oxygen atoms in total. The average molecular weight is 389 g/mol. The molecule has 1 saturated heterocycles. The molecule has 154 valence electrons. The lowest BCUT2D eigenvalue weighted by Gasteiger charge is -2.31. The first-order valence-corrected chi connectivity index (χ1v) is 10.6. The molecule has 1 aliphatic carbocycles. The highest BCUT2D eigenvalue weighted by Crippen LogP contribution is 2.43. The van der Waals surface area contributed by atoms with E-state index < -0.39 is 5.54 Å². The van der Waals surface area contributed by atoms with Crippen LogP contribution in [0.3, 0.4) is 0 Å². The van der Waals surface area contributed by atoms with Gasteiger partial charge in [0.2, 0.25) is 5.88 Å². The molecule has 1 aromatic heterocycles. The molecule has 2 aliphatic rings. The number of hydrogen-bond acceptors (Lipinski definition) is 5. The Bertz CT molecular complexity index is 704. The third kappa shape index (κ3) is 4.54. The highest BCUT2D eigenvalue weighted by atomic mass is 16.5. The second-order valence-electron chi connectivity index (χ2n) is 7.83. The molecule has 0 spiro atoms. The van der Waals surface area contributed by atoms with Crippen LogP contribution in [0, 0.1) is 0 Å². The lowest BCUT2D eigenvalue weighted by atomic mass is 9.86. The third-order valence-electron chi connectivity index (χ3n) is 5.98. The van der Waals surface area contributed by atoms with E-state index >= 15 is 0 Å². The Labute approximate surface area is 167 Å². The van der Waals surface area contributed by atoms with Crippen molar-refractivity contribution in [2.75, 3.05) is 13.2 Å². The molecular weight excluding hydrogens is 356 g/mol. The molecule has 3 rings (SSSR count). The summed E-state index contributed by atoms with van der Waals surface area (Å²) in [7, 11) is 0. The second-order valence-corrected chi connectivity index (χ2v) is 7.83. The SMILES string of the molecule is CCC(=O)C(CC)(CC)NC(=O)c1ccc(C2CC2)c(OCC2CCCO2)n1. The number of carbonyl (C=O) groups is 2. The predicted octanol–water partition coefficient (Wildman–Crippen LogP) is 3.78. The fourth-order valence-electron chi connectivity index (χ4n) is 3.86. The van der Waals surface area contributed by atoms with Gasteiger partial charge in [0.15, 0.2) is 5.78 Å². The molecule has 2 heterocycles. The van der Waals surface area contributed by atoms with Crippen LogP contribution in [0.5, 0.6) is 5.88 Å². The van der Waals surface area contributed by atoms with Crippen LogP contribution in [-0.4, -0.2) is 41.5 Å². The number of amides is 1. The number of ether oxygens (including phenoxy) is 2. The van der Waals surface area contributed by atoms with E-state index in [4.69, 9.17) is 9.47 Å². The minimum absolute atomic E-state index is 0.0512.